The number of hydrogen-bond donors (Lipinski definition) is 1. The SMILES string of the molecule is COCc1cc(=O)n(-c2cc(C)ncn2)[nH]1. The van der Waals surface area contributed by atoms with Crippen LogP contribution in [0.3, 0.4) is 0 Å². The molecule has 2 heterocycles. The fourth-order valence-electron chi connectivity index (χ4n) is 1.41. The summed E-state index contributed by atoms with van der Waals surface area (Å²) < 4.78 is 6.30. The lowest BCUT2D eigenvalue weighted by Gasteiger charge is -2.01. The van der Waals surface area contributed by atoms with E-state index in [1.807, 2.05) is 6.92 Å². The molecule has 0 atom stereocenters. The van der Waals surface area contributed by atoms with Gasteiger partial charge in [0.05, 0.1) is 12.3 Å². The molecule has 6 nitrogen and oxygen atoms in total. The van der Waals surface area contributed by atoms with Crippen molar-refractivity contribution >= 4 is 0 Å². The van der Waals surface area contributed by atoms with Crippen molar-refractivity contribution in [1.82, 2.24) is 19.7 Å². The predicted molar refractivity (Wildman–Crippen MR) is 57.4 cm³/mol. The lowest BCUT2D eigenvalue weighted by molar-refractivity contribution is 0.181. The lowest BCUT2D eigenvalue weighted by atomic mass is 10.4. The van der Waals surface area contributed by atoms with E-state index in [1.54, 1.807) is 13.2 Å². The fraction of sp³-hybridized carbons (Fsp3) is 0.300. The third-order valence-electron chi connectivity index (χ3n) is 2.09. The molecule has 2 aromatic heterocycles. The van der Waals surface area contributed by atoms with Gasteiger partial charge in [-0.05, 0) is 6.92 Å². The van der Waals surface area contributed by atoms with Crippen molar-refractivity contribution < 1.29 is 4.74 Å². The Morgan fingerprint density at radius 3 is 2.94 bits per heavy atom. The topological polar surface area (TPSA) is 72.8 Å². The molecule has 0 saturated carbocycles. The first-order valence-corrected chi connectivity index (χ1v) is 4.79. The number of aromatic amines is 1. The monoisotopic (exact) mass is 220 g/mol. The van der Waals surface area contributed by atoms with Gasteiger partial charge in [-0.2, -0.15) is 0 Å². The minimum absolute atomic E-state index is 0.162. The predicted octanol–water partition coefficient (Wildman–Crippen LogP) is 0.410. The molecule has 6 heteroatoms. The standard InChI is InChI=1S/C10H12N4O2/c1-7-3-9(12-6-11-7)14-10(15)4-8(13-14)5-16-2/h3-4,6,13H,5H2,1-2H3. The Labute approximate surface area is 91.9 Å². The number of aromatic nitrogens is 4. The normalized spacial score (nSPS) is 10.6. The number of aryl methyl sites for hydroxylation is 1. The maximum atomic E-state index is 11.6. The van der Waals surface area contributed by atoms with Crippen LogP contribution in [0.15, 0.2) is 23.3 Å². The molecular formula is C10H12N4O2. The Balaban J connectivity index is 2.44. The zero-order valence-electron chi connectivity index (χ0n) is 9.10. The van der Waals surface area contributed by atoms with E-state index in [0.717, 1.165) is 5.69 Å². The first-order chi connectivity index (χ1) is 7.70. The maximum Gasteiger partial charge on any atom is 0.272 e. The number of H-pyrrole nitrogens is 1. The van der Waals surface area contributed by atoms with Crippen LogP contribution in [0.4, 0.5) is 0 Å². The van der Waals surface area contributed by atoms with E-state index >= 15 is 0 Å². The average Bonchev–Trinajstić information content (AvgIpc) is 2.60. The van der Waals surface area contributed by atoms with Gasteiger partial charge in [-0.1, -0.05) is 0 Å². The fourth-order valence-corrected chi connectivity index (χ4v) is 1.41. The minimum Gasteiger partial charge on any atom is -0.378 e. The Bertz CT molecular complexity index is 544. The summed E-state index contributed by atoms with van der Waals surface area (Å²) in [6.07, 6.45) is 1.42. The van der Waals surface area contributed by atoms with Crippen molar-refractivity contribution in [3.8, 4) is 5.82 Å². The van der Waals surface area contributed by atoms with Crippen molar-refractivity contribution in [2.24, 2.45) is 0 Å². The average molecular weight is 220 g/mol. The molecule has 0 fully saturated rings. The van der Waals surface area contributed by atoms with Crippen molar-refractivity contribution in [2.75, 3.05) is 7.11 Å². The van der Waals surface area contributed by atoms with Crippen molar-refractivity contribution in [2.45, 2.75) is 13.5 Å². The molecule has 0 radical (unpaired) electrons. The Kier molecular flexibility index (Phi) is 2.82. The van der Waals surface area contributed by atoms with Crippen LogP contribution in [0.25, 0.3) is 5.82 Å². The highest BCUT2D eigenvalue weighted by Gasteiger charge is 2.06. The molecule has 2 rings (SSSR count). The lowest BCUT2D eigenvalue weighted by Crippen LogP contribution is -2.15. The number of methoxy groups -OCH3 is 1. The van der Waals surface area contributed by atoms with Crippen molar-refractivity contribution in [3.05, 3.63) is 40.2 Å². The highest BCUT2D eigenvalue weighted by Crippen LogP contribution is 2.01. The molecule has 0 aliphatic heterocycles. The Morgan fingerprint density at radius 2 is 2.25 bits per heavy atom. The van der Waals surface area contributed by atoms with Gasteiger partial charge in [-0.3, -0.25) is 9.89 Å². The summed E-state index contributed by atoms with van der Waals surface area (Å²) in [5.41, 5.74) is 1.36. The van der Waals surface area contributed by atoms with Crippen LogP contribution in [0.5, 0.6) is 0 Å². The van der Waals surface area contributed by atoms with Crippen LogP contribution >= 0.6 is 0 Å². The minimum atomic E-state index is -0.162. The molecule has 0 bridgehead atoms. The molecule has 84 valence electrons. The summed E-state index contributed by atoms with van der Waals surface area (Å²) in [5, 5.41) is 2.91. The number of hydrogen-bond acceptors (Lipinski definition) is 4. The van der Waals surface area contributed by atoms with Gasteiger partial charge in [-0.15, -0.1) is 0 Å². The molecular weight excluding hydrogens is 208 g/mol. The van der Waals surface area contributed by atoms with E-state index in [-0.39, 0.29) is 5.56 Å². The first-order valence-electron chi connectivity index (χ1n) is 4.79. The second kappa shape index (κ2) is 4.28. The summed E-state index contributed by atoms with van der Waals surface area (Å²) >= 11 is 0. The number of nitrogens with zero attached hydrogens (tertiary/aromatic N) is 3. The number of nitrogens with one attached hydrogen (secondary N) is 1. The van der Waals surface area contributed by atoms with Crippen LogP contribution in [0.1, 0.15) is 11.4 Å². The highest BCUT2D eigenvalue weighted by molar-refractivity contribution is 5.22. The maximum absolute atomic E-state index is 11.6. The van der Waals surface area contributed by atoms with Crippen LogP contribution in [0.2, 0.25) is 0 Å². The molecule has 0 amide bonds. The quantitative estimate of drug-likeness (QED) is 0.813. The third-order valence-corrected chi connectivity index (χ3v) is 2.09. The number of ether oxygens (including phenoxy) is 1. The smallest absolute Gasteiger partial charge is 0.272 e. The van der Waals surface area contributed by atoms with Crippen molar-refractivity contribution in [3.63, 3.8) is 0 Å². The summed E-state index contributed by atoms with van der Waals surface area (Å²) in [5.74, 6) is 0.528. The van der Waals surface area contributed by atoms with Gasteiger partial charge in [0.2, 0.25) is 0 Å². The van der Waals surface area contributed by atoms with E-state index in [4.69, 9.17) is 4.74 Å². The molecule has 0 aliphatic rings. The molecule has 0 unspecified atom stereocenters. The number of rotatable bonds is 3. The molecule has 0 spiro atoms. The van der Waals surface area contributed by atoms with Gasteiger partial charge in [0.1, 0.15) is 6.33 Å². The molecule has 2 aromatic rings. The van der Waals surface area contributed by atoms with Crippen molar-refractivity contribution in [1.29, 1.82) is 0 Å². The van der Waals surface area contributed by atoms with E-state index in [9.17, 15) is 4.79 Å². The van der Waals surface area contributed by atoms with Gasteiger partial charge < -0.3 is 4.74 Å². The summed E-state index contributed by atoms with van der Waals surface area (Å²) in [6, 6.07) is 3.22. The van der Waals surface area contributed by atoms with E-state index in [2.05, 4.69) is 15.1 Å². The Hall–Kier alpha value is -1.95. The van der Waals surface area contributed by atoms with E-state index in [0.29, 0.717) is 18.1 Å². The summed E-state index contributed by atoms with van der Waals surface area (Å²) in [4.78, 5) is 19.6. The summed E-state index contributed by atoms with van der Waals surface area (Å²) in [6.45, 7) is 2.21. The second-order valence-electron chi connectivity index (χ2n) is 3.41. The van der Waals surface area contributed by atoms with Crippen LogP contribution in [-0.4, -0.2) is 26.9 Å². The van der Waals surface area contributed by atoms with E-state index < -0.39 is 0 Å². The van der Waals surface area contributed by atoms with Gasteiger partial charge in [0, 0.05) is 24.9 Å². The highest BCUT2D eigenvalue weighted by atomic mass is 16.5. The van der Waals surface area contributed by atoms with Gasteiger partial charge >= 0.3 is 0 Å². The molecule has 0 aliphatic carbocycles. The van der Waals surface area contributed by atoms with Gasteiger partial charge in [0.25, 0.3) is 5.56 Å². The van der Waals surface area contributed by atoms with Gasteiger partial charge in [-0.25, -0.2) is 14.6 Å². The molecule has 0 saturated heterocycles. The van der Waals surface area contributed by atoms with Crippen LogP contribution < -0.4 is 5.56 Å². The second-order valence-corrected chi connectivity index (χ2v) is 3.41. The third kappa shape index (κ3) is 2.01. The molecule has 16 heavy (non-hydrogen) atoms. The first kappa shape index (κ1) is 10.6. The zero-order valence-corrected chi connectivity index (χ0v) is 9.10. The Morgan fingerprint density at radius 1 is 1.44 bits per heavy atom. The largest absolute Gasteiger partial charge is 0.378 e. The van der Waals surface area contributed by atoms with E-state index in [1.165, 1.54) is 17.1 Å². The zero-order chi connectivity index (χ0) is 11.5. The molecule has 1 N–H and O–H groups in total. The summed E-state index contributed by atoms with van der Waals surface area (Å²) in [7, 11) is 1.57. The van der Waals surface area contributed by atoms with Gasteiger partial charge in [0.15, 0.2) is 5.82 Å². The van der Waals surface area contributed by atoms with Crippen LogP contribution in [0, 0.1) is 6.92 Å². The molecule has 0 aromatic carbocycles. The van der Waals surface area contributed by atoms with Crippen LogP contribution in [-0.2, 0) is 11.3 Å².